The summed E-state index contributed by atoms with van der Waals surface area (Å²) in [5.41, 5.74) is 10.5. The maximum atomic E-state index is 12.5. The first-order valence-electron chi connectivity index (χ1n) is 9.65. The number of carbonyl (C=O) groups excluding carboxylic acids is 1. The Morgan fingerprint density at radius 1 is 1.18 bits per heavy atom. The first-order valence-corrected chi connectivity index (χ1v) is 9.65. The summed E-state index contributed by atoms with van der Waals surface area (Å²) in [6.45, 7) is 2.52. The highest BCUT2D eigenvalue weighted by atomic mass is 16.5. The monoisotopic (exact) mass is 380 g/mol. The van der Waals surface area contributed by atoms with Gasteiger partial charge in [0.2, 0.25) is 5.91 Å². The molecule has 148 valence electrons. The summed E-state index contributed by atoms with van der Waals surface area (Å²) in [6.07, 6.45) is 2.09. The molecule has 1 amide bonds. The number of amides is 1. The molecule has 3 rings (SSSR count). The van der Waals surface area contributed by atoms with Gasteiger partial charge in [0, 0.05) is 44.4 Å². The van der Waals surface area contributed by atoms with Crippen molar-refractivity contribution in [2.45, 2.75) is 32.4 Å². The number of benzene rings is 2. The van der Waals surface area contributed by atoms with Crippen molar-refractivity contribution in [3.63, 3.8) is 0 Å². The summed E-state index contributed by atoms with van der Waals surface area (Å²) in [4.78, 5) is 18.8. The van der Waals surface area contributed by atoms with Crippen LogP contribution in [0.3, 0.4) is 0 Å². The van der Waals surface area contributed by atoms with Gasteiger partial charge in [-0.25, -0.2) is 0 Å². The summed E-state index contributed by atoms with van der Waals surface area (Å²) in [7, 11) is 1.66. The molecule has 0 spiro atoms. The number of hydrogen-bond acceptors (Lipinski definition) is 3. The largest absolute Gasteiger partial charge is 0.380 e. The molecule has 0 saturated heterocycles. The van der Waals surface area contributed by atoms with Crippen LogP contribution in [0.4, 0.5) is 5.69 Å². The molecule has 2 aromatic rings. The van der Waals surface area contributed by atoms with Gasteiger partial charge < -0.3 is 20.7 Å². The van der Waals surface area contributed by atoms with Crippen LogP contribution in [0, 0.1) is 0 Å². The van der Waals surface area contributed by atoms with Gasteiger partial charge in [-0.3, -0.25) is 9.79 Å². The van der Waals surface area contributed by atoms with Crippen LogP contribution >= 0.6 is 0 Å². The minimum atomic E-state index is 0.182. The standard InChI is InChI=1S/C22H28N4O2/c1-28-16-19-9-4-5-10-20(19)25-22(23)24-13-6-11-21(27)26-14-12-17-7-2-3-8-18(17)15-26/h2-5,7-10H,6,11-16H2,1H3,(H3,23,24,25). The number of methoxy groups -OCH3 is 1. The number of rotatable bonds is 7. The molecule has 0 saturated carbocycles. The van der Waals surface area contributed by atoms with Crippen LogP contribution in [0.15, 0.2) is 53.5 Å². The summed E-state index contributed by atoms with van der Waals surface area (Å²) < 4.78 is 5.19. The zero-order chi connectivity index (χ0) is 19.8. The molecule has 3 N–H and O–H groups in total. The molecular weight excluding hydrogens is 352 g/mol. The fourth-order valence-electron chi connectivity index (χ4n) is 3.40. The molecule has 0 fully saturated rings. The molecular formula is C22H28N4O2. The van der Waals surface area contributed by atoms with Gasteiger partial charge in [0.15, 0.2) is 5.96 Å². The molecule has 0 bridgehead atoms. The van der Waals surface area contributed by atoms with Crippen molar-refractivity contribution in [3.8, 4) is 0 Å². The smallest absolute Gasteiger partial charge is 0.222 e. The lowest BCUT2D eigenvalue weighted by Crippen LogP contribution is -2.35. The van der Waals surface area contributed by atoms with E-state index in [9.17, 15) is 4.79 Å². The average molecular weight is 380 g/mol. The minimum Gasteiger partial charge on any atom is -0.380 e. The molecule has 0 aromatic heterocycles. The number of nitrogens with zero attached hydrogens (tertiary/aromatic N) is 2. The lowest BCUT2D eigenvalue weighted by Gasteiger charge is -2.28. The predicted molar refractivity (Wildman–Crippen MR) is 112 cm³/mol. The second-order valence-electron chi connectivity index (χ2n) is 6.92. The molecule has 1 heterocycles. The molecule has 28 heavy (non-hydrogen) atoms. The lowest BCUT2D eigenvalue weighted by molar-refractivity contribution is -0.132. The third kappa shape index (κ3) is 5.33. The molecule has 0 radical (unpaired) electrons. The van der Waals surface area contributed by atoms with Gasteiger partial charge in [-0.2, -0.15) is 0 Å². The van der Waals surface area contributed by atoms with Gasteiger partial charge in [0.05, 0.1) is 6.61 Å². The quantitative estimate of drug-likeness (QED) is 0.440. The Morgan fingerprint density at radius 2 is 1.93 bits per heavy atom. The van der Waals surface area contributed by atoms with Gasteiger partial charge in [-0.15, -0.1) is 0 Å². The number of para-hydroxylation sites is 1. The van der Waals surface area contributed by atoms with E-state index in [4.69, 9.17) is 10.5 Å². The van der Waals surface area contributed by atoms with E-state index < -0.39 is 0 Å². The summed E-state index contributed by atoms with van der Waals surface area (Å²) in [5, 5.41) is 3.11. The number of fused-ring (bicyclic) bond motifs is 1. The Labute approximate surface area is 166 Å². The predicted octanol–water partition coefficient (Wildman–Crippen LogP) is 2.92. The second-order valence-corrected chi connectivity index (χ2v) is 6.92. The number of nitrogens with two attached hydrogens (primary N) is 1. The highest BCUT2D eigenvalue weighted by Gasteiger charge is 2.19. The van der Waals surface area contributed by atoms with Crippen molar-refractivity contribution in [2.24, 2.45) is 10.7 Å². The average Bonchev–Trinajstić information content (AvgIpc) is 2.72. The highest BCUT2D eigenvalue weighted by Crippen LogP contribution is 2.19. The van der Waals surface area contributed by atoms with E-state index in [0.717, 1.165) is 24.2 Å². The van der Waals surface area contributed by atoms with Crippen LogP contribution in [0.25, 0.3) is 0 Å². The SMILES string of the molecule is COCc1ccccc1NC(N)=NCCCC(=O)N1CCc2ccccc2C1. The molecule has 1 aliphatic heterocycles. The Hall–Kier alpha value is -2.86. The lowest BCUT2D eigenvalue weighted by atomic mass is 9.99. The molecule has 0 unspecified atom stereocenters. The molecule has 6 nitrogen and oxygen atoms in total. The normalized spacial score (nSPS) is 13.9. The Balaban J connectivity index is 1.44. The fourth-order valence-corrected chi connectivity index (χ4v) is 3.40. The van der Waals surface area contributed by atoms with Crippen LogP contribution in [0.5, 0.6) is 0 Å². The third-order valence-electron chi connectivity index (χ3n) is 4.89. The molecule has 6 heteroatoms. The van der Waals surface area contributed by atoms with E-state index in [1.165, 1.54) is 11.1 Å². The fraction of sp³-hybridized carbons (Fsp3) is 0.364. The van der Waals surface area contributed by atoms with E-state index in [1.807, 2.05) is 35.2 Å². The van der Waals surface area contributed by atoms with E-state index in [1.54, 1.807) is 7.11 Å². The number of guanidine groups is 1. The number of carbonyl (C=O) groups is 1. The maximum Gasteiger partial charge on any atom is 0.222 e. The number of anilines is 1. The number of nitrogens with one attached hydrogen (secondary N) is 1. The first kappa shape index (κ1) is 19.9. The highest BCUT2D eigenvalue weighted by molar-refractivity contribution is 5.93. The van der Waals surface area contributed by atoms with Gasteiger partial charge >= 0.3 is 0 Å². The number of hydrogen-bond donors (Lipinski definition) is 2. The van der Waals surface area contributed by atoms with E-state index >= 15 is 0 Å². The van der Waals surface area contributed by atoms with Gasteiger partial charge in [0.25, 0.3) is 0 Å². The third-order valence-corrected chi connectivity index (χ3v) is 4.89. The number of aliphatic imine (C=N–C) groups is 1. The second kappa shape index (κ2) is 9.90. The van der Waals surface area contributed by atoms with E-state index in [0.29, 0.717) is 38.5 Å². The summed E-state index contributed by atoms with van der Waals surface area (Å²) in [5.74, 6) is 0.532. The Morgan fingerprint density at radius 3 is 2.75 bits per heavy atom. The van der Waals surface area contributed by atoms with E-state index in [2.05, 4.69) is 28.5 Å². The Bertz CT molecular complexity index is 835. The van der Waals surface area contributed by atoms with Crippen molar-refractivity contribution in [1.82, 2.24) is 4.90 Å². The van der Waals surface area contributed by atoms with Crippen molar-refractivity contribution >= 4 is 17.6 Å². The van der Waals surface area contributed by atoms with Crippen LogP contribution in [-0.4, -0.2) is 37.0 Å². The number of ether oxygens (including phenoxy) is 1. The Kier molecular flexibility index (Phi) is 7.03. The van der Waals surface area contributed by atoms with Crippen molar-refractivity contribution < 1.29 is 9.53 Å². The van der Waals surface area contributed by atoms with Gasteiger partial charge in [-0.05, 0) is 30.0 Å². The first-order chi connectivity index (χ1) is 13.7. The van der Waals surface area contributed by atoms with Crippen molar-refractivity contribution in [3.05, 3.63) is 65.2 Å². The minimum absolute atomic E-state index is 0.182. The summed E-state index contributed by atoms with van der Waals surface area (Å²) >= 11 is 0. The van der Waals surface area contributed by atoms with E-state index in [-0.39, 0.29) is 5.91 Å². The maximum absolute atomic E-state index is 12.5. The molecule has 0 atom stereocenters. The molecule has 1 aliphatic rings. The van der Waals surface area contributed by atoms with Gasteiger partial charge in [-0.1, -0.05) is 42.5 Å². The van der Waals surface area contributed by atoms with Crippen LogP contribution < -0.4 is 11.1 Å². The molecule has 2 aromatic carbocycles. The topological polar surface area (TPSA) is 80.0 Å². The summed E-state index contributed by atoms with van der Waals surface area (Å²) in [6, 6.07) is 16.1. The van der Waals surface area contributed by atoms with Gasteiger partial charge in [0.1, 0.15) is 0 Å². The van der Waals surface area contributed by atoms with Crippen LogP contribution in [0.1, 0.15) is 29.5 Å². The molecule has 0 aliphatic carbocycles. The van der Waals surface area contributed by atoms with Crippen molar-refractivity contribution in [1.29, 1.82) is 0 Å². The van der Waals surface area contributed by atoms with Crippen LogP contribution in [0.2, 0.25) is 0 Å². The zero-order valence-corrected chi connectivity index (χ0v) is 16.4. The van der Waals surface area contributed by atoms with Crippen molar-refractivity contribution in [2.75, 3.05) is 25.5 Å². The van der Waals surface area contributed by atoms with Crippen LogP contribution in [-0.2, 0) is 29.1 Å². The zero-order valence-electron chi connectivity index (χ0n) is 16.4.